The first-order valence-electron chi connectivity index (χ1n) is 7.22. The first kappa shape index (κ1) is 16.7. The minimum Gasteiger partial charge on any atom is -0.459 e. The number of benzene rings is 1. The van der Waals surface area contributed by atoms with Gasteiger partial charge in [-0.15, -0.1) is 0 Å². The van der Waals surface area contributed by atoms with E-state index in [-0.39, 0.29) is 16.5 Å². The molecule has 3 rings (SSSR count). The predicted molar refractivity (Wildman–Crippen MR) is 87.1 cm³/mol. The van der Waals surface area contributed by atoms with Gasteiger partial charge in [0.05, 0.1) is 11.2 Å². The molecule has 0 spiro atoms. The Labute approximate surface area is 143 Å². The third-order valence-corrected chi connectivity index (χ3v) is 4.81. The number of nitrogens with one attached hydrogen (secondary N) is 3. The fourth-order valence-electron chi connectivity index (χ4n) is 2.17. The molecule has 0 fully saturated rings. The Hall–Kier alpha value is -3.14. The van der Waals surface area contributed by atoms with E-state index in [0.29, 0.717) is 5.56 Å². The van der Waals surface area contributed by atoms with Gasteiger partial charge < -0.3 is 4.42 Å². The largest absolute Gasteiger partial charge is 0.459 e. The van der Waals surface area contributed by atoms with Crippen LogP contribution in [0.25, 0.3) is 0 Å². The number of nitrogens with zero attached hydrogens (tertiary/aromatic N) is 1. The van der Waals surface area contributed by atoms with Gasteiger partial charge in [-0.3, -0.25) is 30.2 Å². The standard InChI is InChI=1S/C15H14N4O5S/c1-9(14(20)17-18-15(21)11-6-4-8-24-11)16-13-10-5-2-3-7-12(10)25(22,23)19-13/h2-9H,1H3,(H,16,19)(H,17,20)(H,18,21). The lowest BCUT2D eigenvalue weighted by Crippen LogP contribution is -2.45. The number of carbonyl (C=O) groups is 2. The average molecular weight is 362 g/mol. The second kappa shape index (κ2) is 6.40. The SMILES string of the molecule is CC(N=C1NS(=O)(=O)c2ccccc21)C(=O)NNC(=O)c1ccco1. The Morgan fingerprint density at radius 1 is 1.16 bits per heavy atom. The molecule has 1 aliphatic heterocycles. The maximum atomic E-state index is 12.0. The molecule has 9 nitrogen and oxygen atoms in total. The van der Waals surface area contributed by atoms with Crippen molar-refractivity contribution in [3.63, 3.8) is 0 Å². The van der Waals surface area contributed by atoms with Crippen LogP contribution in [0.4, 0.5) is 0 Å². The summed E-state index contributed by atoms with van der Waals surface area (Å²) < 4.78 is 31.2. The fraction of sp³-hybridized carbons (Fsp3) is 0.133. The number of aliphatic imine (C=N–C) groups is 1. The Kier molecular flexibility index (Phi) is 4.28. The summed E-state index contributed by atoms with van der Waals surface area (Å²) in [6, 6.07) is 8.35. The zero-order valence-electron chi connectivity index (χ0n) is 13.0. The van der Waals surface area contributed by atoms with E-state index in [0.717, 1.165) is 0 Å². The highest BCUT2D eigenvalue weighted by Gasteiger charge is 2.31. The van der Waals surface area contributed by atoms with Gasteiger partial charge in [0.2, 0.25) is 0 Å². The molecule has 2 amide bonds. The highest BCUT2D eigenvalue weighted by molar-refractivity contribution is 7.90. The van der Waals surface area contributed by atoms with E-state index < -0.39 is 27.9 Å². The summed E-state index contributed by atoms with van der Waals surface area (Å²) in [6.45, 7) is 1.47. The molecule has 0 bridgehead atoms. The topological polar surface area (TPSA) is 130 Å². The van der Waals surface area contributed by atoms with Gasteiger partial charge in [0.15, 0.2) is 5.76 Å². The zero-order valence-corrected chi connectivity index (χ0v) is 13.8. The first-order chi connectivity index (χ1) is 11.9. The Bertz CT molecular complexity index is 950. The maximum absolute atomic E-state index is 12.0. The molecule has 1 aromatic heterocycles. The van der Waals surface area contributed by atoms with Crippen molar-refractivity contribution in [2.45, 2.75) is 17.9 Å². The van der Waals surface area contributed by atoms with Gasteiger partial charge >= 0.3 is 5.91 Å². The van der Waals surface area contributed by atoms with E-state index in [1.807, 2.05) is 0 Å². The van der Waals surface area contributed by atoms with Gasteiger partial charge in [-0.05, 0) is 31.2 Å². The van der Waals surface area contributed by atoms with Crippen LogP contribution in [0, 0.1) is 0 Å². The molecule has 10 heteroatoms. The molecule has 1 aliphatic rings. The smallest absolute Gasteiger partial charge is 0.305 e. The molecular formula is C15H14N4O5S. The highest BCUT2D eigenvalue weighted by Crippen LogP contribution is 2.22. The quantitative estimate of drug-likeness (QED) is 0.670. The summed E-state index contributed by atoms with van der Waals surface area (Å²) in [6.07, 6.45) is 1.33. The number of carbonyl (C=O) groups excluding carboxylic acids is 2. The van der Waals surface area contributed by atoms with Crippen LogP contribution in [0.5, 0.6) is 0 Å². The average Bonchev–Trinajstić information content (AvgIpc) is 3.20. The van der Waals surface area contributed by atoms with Crippen molar-refractivity contribution in [3.05, 3.63) is 54.0 Å². The van der Waals surface area contributed by atoms with Crippen molar-refractivity contribution in [2.75, 3.05) is 0 Å². The number of hydrazine groups is 1. The normalized spacial score (nSPS) is 17.4. The van der Waals surface area contributed by atoms with Crippen LogP contribution in [0.3, 0.4) is 0 Å². The summed E-state index contributed by atoms with van der Waals surface area (Å²) >= 11 is 0. The molecule has 0 saturated heterocycles. The minimum absolute atomic E-state index is 0.0387. The Balaban J connectivity index is 1.69. The van der Waals surface area contributed by atoms with Crippen molar-refractivity contribution >= 4 is 27.7 Å². The number of amides is 2. The molecule has 0 saturated carbocycles. The van der Waals surface area contributed by atoms with Crippen molar-refractivity contribution in [2.24, 2.45) is 4.99 Å². The van der Waals surface area contributed by atoms with E-state index >= 15 is 0 Å². The number of sulfonamides is 1. The molecule has 1 atom stereocenters. The van der Waals surface area contributed by atoms with Crippen LogP contribution < -0.4 is 15.6 Å². The molecule has 1 aromatic carbocycles. The lowest BCUT2D eigenvalue weighted by Gasteiger charge is -2.10. The van der Waals surface area contributed by atoms with E-state index in [1.54, 1.807) is 18.2 Å². The molecule has 2 aromatic rings. The van der Waals surface area contributed by atoms with Crippen LogP contribution in [0.1, 0.15) is 23.0 Å². The van der Waals surface area contributed by atoms with Gasteiger partial charge in [0.1, 0.15) is 11.9 Å². The van der Waals surface area contributed by atoms with E-state index in [4.69, 9.17) is 4.42 Å². The van der Waals surface area contributed by atoms with Gasteiger partial charge in [0.25, 0.3) is 15.9 Å². The van der Waals surface area contributed by atoms with E-state index in [9.17, 15) is 18.0 Å². The number of amidine groups is 1. The molecule has 25 heavy (non-hydrogen) atoms. The first-order valence-corrected chi connectivity index (χ1v) is 8.70. The van der Waals surface area contributed by atoms with Gasteiger partial charge in [-0.2, -0.15) is 0 Å². The zero-order chi connectivity index (χ0) is 18.0. The lowest BCUT2D eigenvalue weighted by molar-refractivity contribution is -0.122. The third kappa shape index (κ3) is 3.38. The van der Waals surface area contributed by atoms with Crippen LogP contribution >= 0.6 is 0 Å². The highest BCUT2D eigenvalue weighted by atomic mass is 32.2. The van der Waals surface area contributed by atoms with E-state index in [2.05, 4.69) is 20.6 Å². The molecule has 130 valence electrons. The molecule has 0 aliphatic carbocycles. The van der Waals surface area contributed by atoms with Crippen molar-refractivity contribution in [1.29, 1.82) is 0 Å². The summed E-state index contributed by atoms with van der Waals surface area (Å²) in [7, 11) is -3.68. The van der Waals surface area contributed by atoms with Crippen LogP contribution in [0.15, 0.2) is 57.0 Å². The van der Waals surface area contributed by atoms with Crippen LogP contribution in [-0.4, -0.2) is 32.1 Å². The predicted octanol–water partition coefficient (Wildman–Crippen LogP) is 0.168. The number of fused-ring (bicyclic) bond motifs is 1. The number of rotatable bonds is 3. The lowest BCUT2D eigenvalue weighted by atomic mass is 10.2. The minimum atomic E-state index is -3.68. The van der Waals surface area contributed by atoms with Crippen molar-refractivity contribution in [3.8, 4) is 0 Å². The number of hydrogen-bond donors (Lipinski definition) is 3. The van der Waals surface area contributed by atoms with E-state index in [1.165, 1.54) is 31.4 Å². The maximum Gasteiger partial charge on any atom is 0.305 e. The fourth-order valence-corrected chi connectivity index (χ4v) is 3.41. The summed E-state index contributed by atoms with van der Waals surface area (Å²) in [5.74, 6) is -1.12. The summed E-state index contributed by atoms with van der Waals surface area (Å²) in [5, 5.41) is 0. The molecule has 3 N–H and O–H groups in total. The second-order valence-corrected chi connectivity index (χ2v) is 6.83. The van der Waals surface area contributed by atoms with Gasteiger partial charge in [-0.1, -0.05) is 12.1 Å². The van der Waals surface area contributed by atoms with Crippen LogP contribution in [-0.2, 0) is 14.8 Å². The summed E-state index contributed by atoms with van der Waals surface area (Å²) in [4.78, 5) is 27.9. The Morgan fingerprint density at radius 3 is 2.64 bits per heavy atom. The molecule has 2 heterocycles. The third-order valence-electron chi connectivity index (χ3n) is 3.41. The Morgan fingerprint density at radius 2 is 1.92 bits per heavy atom. The molecule has 1 unspecified atom stereocenters. The summed E-state index contributed by atoms with van der Waals surface area (Å²) in [5.41, 5.74) is 4.78. The van der Waals surface area contributed by atoms with Crippen LogP contribution in [0.2, 0.25) is 0 Å². The number of hydrogen-bond acceptors (Lipinski definition) is 6. The van der Waals surface area contributed by atoms with Gasteiger partial charge in [-0.25, -0.2) is 8.42 Å². The van der Waals surface area contributed by atoms with Crippen molar-refractivity contribution < 1.29 is 22.4 Å². The molecule has 0 radical (unpaired) electrons. The second-order valence-electron chi connectivity index (χ2n) is 5.18. The number of furan rings is 1. The van der Waals surface area contributed by atoms with Crippen molar-refractivity contribution in [1.82, 2.24) is 15.6 Å². The monoisotopic (exact) mass is 362 g/mol. The molecular weight excluding hydrogens is 348 g/mol. The van der Waals surface area contributed by atoms with Gasteiger partial charge in [0, 0.05) is 5.56 Å².